The van der Waals surface area contributed by atoms with Crippen LogP contribution in [0.1, 0.15) is 32.6 Å². The van der Waals surface area contributed by atoms with Gasteiger partial charge in [-0.15, -0.1) is 0 Å². The number of fused-ring (bicyclic) bond motifs is 1. The summed E-state index contributed by atoms with van der Waals surface area (Å²) in [6.45, 7) is 3.42. The predicted molar refractivity (Wildman–Crippen MR) is 123 cm³/mol. The van der Waals surface area contributed by atoms with Gasteiger partial charge in [0.1, 0.15) is 16.9 Å². The first-order valence-electron chi connectivity index (χ1n) is 10.3. The summed E-state index contributed by atoms with van der Waals surface area (Å²) in [6, 6.07) is 13.5. The minimum atomic E-state index is -4.98. The van der Waals surface area contributed by atoms with Crippen molar-refractivity contribution in [1.82, 2.24) is 4.31 Å². The molecule has 0 fully saturated rings. The molecule has 1 heterocycles. The van der Waals surface area contributed by atoms with Crippen LogP contribution in [0.4, 0.5) is 13.2 Å². The van der Waals surface area contributed by atoms with Gasteiger partial charge in [0.2, 0.25) is 0 Å². The van der Waals surface area contributed by atoms with Gasteiger partial charge in [0.05, 0.1) is 16.0 Å². The van der Waals surface area contributed by atoms with Gasteiger partial charge in [0.15, 0.2) is 0 Å². The van der Waals surface area contributed by atoms with Crippen molar-refractivity contribution in [3.8, 4) is 0 Å². The molecule has 0 radical (unpaired) electrons. The van der Waals surface area contributed by atoms with Gasteiger partial charge in [-0.1, -0.05) is 47.5 Å². The lowest BCUT2D eigenvalue weighted by Crippen LogP contribution is -2.31. The van der Waals surface area contributed by atoms with Crippen LogP contribution < -0.4 is 0 Å². The third-order valence-electron chi connectivity index (χ3n) is 5.42. The average molecular weight is 538 g/mol. The van der Waals surface area contributed by atoms with Crippen LogP contribution in [0.15, 0.2) is 82.8 Å². The Hall–Kier alpha value is -3.64. The van der Waals surface area contributed by atoms with Crippen molar-refractivity contribution in [2.75, 3.05) is 0 Å². The van der Waals surface area contributed by atoms with Crippen LogP contribution in [0.3, 0.4) is 0 Å². The summed E-state index contributed by atoms with van der Waals surface area (Å²) in [5, 5.41) is 0. The van der Waals surface area contributed by atoms with Crippen LogP contribution in [0.25, 0.3) is 5.70 Å². The quantitative estimate of drug-likeness (QED) is 0.340. The molecule has 0 N–H and O–H groups in total. The van der Waals surface area contributed by atoms with E-state index in [0.717, 1.165) is 17.7 Å². The van der Waals surface area contributed by atoms with E-state index in [1.807, 2.05) is 0 Å². The van der Waals surface area contributed by atoms with Crippen molar-refractivity contribution in [3.05, 3.63) is 101 Å². The highest BCUT2D eigenvalue weighted by atomic mass is 32.2. The van der Waals surface area contributed by atoms with Gasteiger partial charge in [-0.05, 0) is 44.2 Å². The molecular weight excluding hydrogens is 519 g/mol. The van der Waals surface area contributed by atoms with Crippen molar-refractivity contribution < 1.29 is 39.0 Å². The molecule has 3 aromatic rings. The van der Waals surface area contributed by atoms with Gasteiger partial charge >= 0.3 is 16.3 Å². The molecule has 36 heavy (non-hydrogen) atoms. The van der Waals surface area contributed by atoms with Crippen LogP contribution in [0.2, 0.25) is 0 Å². The normalized spacial score (nSPS) is 15.3. The highest BCUT2D eigenvalue weighted by molar-refractivity contribution is 7.90. The fourth-order valence-electron chi connectivity index (χ4n) is 3.59. The van der Waals surface area contributed by atoms with Gasteiger partial charge in [0.25, 0.3) is 15.9 Å². The molecule has 0 aliphatic carbocycles. The smallest absolute Gasteiger partial charge is 0.385 e. The highest BCUT2D eigenvalue weighted by Gasteiger charge is 2.47. The molecule has 188 valence electrons. The first kappa shape index (κ1) is 25.5. The molecule has 4 rings (SSSR count). The SMILES string of the molecule is Cc1ccc(S(=O)(=O)O/C=C2\c3cccc(C(F)(F)F)c3C(=O)N2S(=O)(=O)c2ccc(C)cc2)cc1. The number of halogens is 3. The molecule has 0 atom stereocenters. The molecular formula is C24H18F3NO6S2. The van der Waals surface area contributed by atoms with E-state index in [2.05, 4.69) is 0 Å². The minimum Gasteiger partial charge on any atom is -0.385 e. The van der Waals surface area contributed by atoms with Crippen molar-refractivity contribution in [2.45, 2.75) is 29.8 Å². The van der Waals surface area contributed by atoms with Crippen LogP contribution in [-0.2, 0) is 30.5 Å². The summed E-state index contributed by atoms with van der Waals surface area (Å²) < 4.78 is 98.3. The van der Waals surface area contributed by atoms with E-state index in [0.29, 0.717) is 17.9 Å². The largest absolute Gasteiger partial charge is 0.417 e. The summed E-state index contributed by atoms with van der Waals surface area (Å²) in [7, 11) is -9.24. The summed E-state index contributed by atoms with van der Waals surface area (Å²) in [6.07, 6.45) is -4.52. The van der Waals surface area contributed by atoms with Crippen LogP contribution in [-0.4, -0.2) is 27.0 Å². The zero-order chi connectivity index (χ0) is 26.5. The summed E-state index contributed by atoms with van der Waals surface area (Å²) in [5.41, 5.74) is -1.94. The van der Waals surface area contributed by atoms with E-state index in [-0.39, 0.29) is 14.1 Å². The molecule has 1 aliphatic rings. The fraction of sp³-hybridized carbons (Fsp3) is 0.125. The maximum atomic E-state index is 13.7. The standard InChI is InChI=1S/C24H18F3NO6S2/c1-15-6-10-17(11-7-15)35(30,31)28-21(14-34-36(32,33)18-12-8-16(2)9-13-18)19-4-3-5-20(24(25,26)27)22(19)23(28)29/h3-14H,1-2H3/b21-14+. The zero-order valence-corrected chi connectivity index (χ0v) is 20.4. The fourth-order valence-corrected chi connectivity index (χ4v) is 5.79. The lowest BCUT2D eigenvalue weighted by atomic mass is 10.0. The second-order valence-corrected chi connectivity index (χ2v) is 11.3. The first-order chi connectivity index (χ1) is 16.7. The predicted octanol–water partition coefficient (Wildman–Crippen LogP) is 4.87. The van der Waals surface area contributed by atoms with Gasteiger partial charge in [0, 0.05) is 5.56 Å². The molecule has 0 aromatic heterocycles. The van der Waals surface area contributed by atoms with E-state index in [9.17, 15) is 34.8 Å². The van der Waals surface area contributed by atoms with E-state index in [1.165, 1.54) is 48.5 Å². The third-order valence-corrected chi connectivity index (χ3v) is 8.33. The molecule has 1 amide bonds. The number of alkyl halides is 3. The molecule has 0 spiro atoms. The number of benzene rings is 3. The Kier molecular flexibility index (Phi) is 6.21. The van der Waals surface area contributed by atoms with Crippen LogP contribution in [0.5, 0.6) is 0 Å². The molecule has 12 heteroatoms. The second kappa shape index (κ2) is 8.79. The van der Waals surface area contributed by atoms with E-state index in [4.69, 9.17) is 4.18 Å². The Balaban J connectivity index is 1.90. The monoisotopic (exact) mass is 537 g/mol. The number of rotatable bonds is 5. The molecule has 1 aliphatic heterocycles. The maximum Gasteiger partial charge on any atom is 0.417 e. The van der Waals surface area contributed by atoms with E-state index >= 15 is 0 Å². The van der Waals surface area contributed by atoms with Crippen molar-refractivity contribution in [3.63, 3.8) is 0 Å². The number of aryl methyl sites for hydroxylation is 2. The molecule has 0 unspecified atom stereocenters. The van der Waals surface area contributed by atoms with Gasteiger partial charge in [-0.25, -0.2) is 8.42 Å². The Morgan fingerprint density at radius 3 is 1.86 bits per heavy atom. The van der Waals surface area contributed by atoms with Gasteiger partial charge < -0.3 is 4.18 Å². The van der Waals surface area contributed by atoms with E-state index < -0.39 is 54.6 Å². The lowest BCUT2D eigenvalue weighted by molar-refractivity contribution is -0.137. The maximum absolute atomic E-state index is 13.7. The Morgan fingerprint density at radius 1 is 0.806 bits per heavy atom. The van der Waals surface area contributed by atoms with Crippen LogP contribution in [0, 0.1) is 13.8 Å². The van der Waals surface area contributed by atoms with Crippen LogP contribution >= 0.6 is 0 Å². The average Bonchev–Trinajstić information content (AvgIpc) is 3.10. The lowest BCUT2D eigenvalue weighted by Gasteiger charge is -2.18. The van der Waals surface area contributed by atoms with Crippen molar-refractivity contribution >= 4 is 31.7 Å². The molecule has 7 nitrogen and oxygen atoms in total. The number of amides is 1. The second-order valence-electron chi connectivity index (χ2n) is 7.98. The third kappa shape index (κ3) is 4.49. The summed E-state index contributed by atoms with van der Waals surface area (Å²) in [5.74, 6) is -1.49. The number of carbonyl (C=O) groups excluding carboxylic acids is 1. The minimum absolute atomic E-state index is 0.127. The van der Waals surface area contributed by atoms with Gasteiger partial charge in [-0.2, -0.15) is 25.9 Å². The summed E-state index contributed by atoms with van der Waals surface area (Å²) in [4.78, 5) is 12.5. The van der Waals surface area contributed by atoms with E-state index in [1.54, 1.807) is 13.8 Å². The molecule has 0 saturated heterocycles. The number of hydrogen-bond donors (Lipinski definition) is 0. The molecule has 0 bridgehead atoms. The topological polar surface area (TPSA) is 97.8 Å². The summed E-state index contributed by atoms with van der Waals surface area (Å²) >= 11 is 0. The number of sulfonamides is 1. The Morgan fingerprint density at radius 2 is 1.33 bits per heavy atom. The Labute approximate surface area is 205 Å². The highest BCUT2D eigenvalue weighted by Crippen LogP contribution is 2.43. The first-order valence-corrected chi connectivity index (χ1v) is 13.2. The van der Waals surface area contributed by atoms with Gasteiger partial charge in [-0.3, -0.25) is 4.79 Å². The molecule has 0 saturated carbocycles. The Bertz CT molecular complexity index is 1590. The number of hydrogen-bond acceptors (Lipinski definition) is 6. The molecule has 3 aromatic carbocycles. The van der Waals surface area contributed by atoms with Crippen molar-refractivity contribution in [2.24, 2.45) is 0 Å². The van der Waals surface area contributed by atoms with Crippen molar-refractivity contribution in [1.29, 1.82) is 0 Å². The zero-order valence-electron chi connectivity index (χ0n) is 18.8. The number of carbonyl (C=O) groups is 1. The number of nitrogens with zero attached hydrogens (tertiary/aromatic N) is 1.